The molecule has 0 aliphatic heterocycles. The summed E-state index contributed by atoms with van der Waals surface area (Å²) in [6.45, 7) is 6.14. The molecule has 3 rings (SSSR count). The van der Waals surface area contributed by atoms with E-state index >= 15 is 0 Å². The van der Waals surface area contributed by atoms with E-state index in [-0.39, 0.29) is 5.41 Å². The molecule has 0 saturated carbocycles. The number of benzene rings is 1. The number of aromatic nitrogens is 4. The summed E-state index contributed by atoms with van der Waals surface area (Å²) >= 11 is 6.40. The van der Waals surface area contributed by atoms with Crippen molar-refractivity contribution in [1.82, 2.24) is 19.8 Å². The molecule has 120 valence electrons. The molecule has 0 radical (unpaired) electrons. The van der Waals surface area contributed by atoms with Gasteiger partial charge in [-0.15, -0.1) is 5.10 Å². The van der Waals surface area contributed by atoms with Crippen molar-refractivity contribution in [2.75, 3.05) is 5.32 Å². The average molecular weight is 334 g/mol. The summed E-state index contributed by atoms with van der Waals surface area (Å²) in [6.07, 6.45) is -1.12. The first-order chi connectivity index (χ1) is 10.8. The lowest BCUT2D eigenvalue weighted by Crippen LogP contribution is -2.13. The van der Waals surface area contributed by atoms with Crippen LogP contribution < -0.4 is 5.32 Å². The second kappa shape index (κ2) is 5.27. The van der Waals surface area contributed by atoms with Gasteiger partial charge < -0.3 is 5.11 Å². The molecular weight excluding hydrogens is 318 g/mol. The quantitative estimate of drug-likeness (QED) is 0.665. The van der Waals surface area contributed by atoms with Gasteiger partial charge >= 0.3 is 6.09 Å². The number of halogens is 1. The third-order valence-electron chi connectivity index (χ3n) is 3.36. The Kier molecular flexibility index (Phi) is 3.52. The second-order valence-corrected chi connectivity index (χ2v) is 6.61. The number of rotatable bonds is 2. The van der Waals surface area contributed by atoms with E-state index in [4.69, 9.17) is 16.7 Å². The molecule has 2 heterocycles. The monoisotopic (exact) mass is 333 g/mol. The number of aromatic amines is 1. The Hall–Kier alpha value is -2.54. The van der Waals surface area contributed by atoms with Gasteiger partial charge in [0.05, 0.1) is 5.69 Å². The second-order valence-electron chi connectivity index (χ2n) is 6.23. The SMILES string of the molecule is CC(C)(C)c1[nH]n2nc(-c3cccc(NC(=O)O)c3)nc2c1Cl. The lowest BCUT2D eigenvalue weighted by molar-refractivity contribution is 0.210. The molecule has 3 N–H and O–H groups in total. The third kappa shape index (κ3) is 2.87. The van der Waals surface area contributed by atoms with Gasteiger partial charge in [-0.25, -0.2) is 9.78 Å². The van der Waals surface area contributed by atoms with Crippen LogP contribution in [-0.4, -0.2) is 31.0 Å². The molecule has 8 heteroatoms. The zero-order chi connectivity index (χ0) is 16.8. The largest absolute Gasteiger partial charge is 0.465 e. The van der Waals surface area contributed by atoms with Gasteiger partial charge in [-0.3, -0.25) is 10.4 Å². The minimum atomic E-state index is -1.12. The molecule has 0 saturated heterocycles. The lowest BCUT2D eigenvalue weighted by atomic mass is 9.92. The minimum Gasteiger partial charge on any atom is -0.465 e. The topological polar surface area (TPSA) is 95.3 Å². The zero-order valence-electron chi connectivity index (χ0n) is 12.9. The highest BCUT2D eigenvalue weighted by molar-refractivity contribution is 6.34. The van der Waals surface area contributed by atoms with E-state index in [2.05, 4.69) is 20.5 Å². The van der Waals surface area contributed by atoms with Crippen molar-refractivity contribution in [3.05, 3.63) is 35.0 Å². The molecule has 7 nitrogen and oxygen atoms in total. The van der Waals surface area contributed by atoms with Crippen LogP contribution in [0.5, 0.6) is 0 Å². The predicted molar refractivity (Wildman–Crippen MR) is 88.1 cm³/mol. The summed E-state index contributed by atoms with van der Waals surface area (Å²) < 4.78 is 1.54. The van der Waals surface area contributed by atoms with Crippen LogP contribution in [-0.2, 0) is 5.41 Å². The van der Waals surface area contributed by atoms with Crippen LogP contribution in [0, 0.1) is 0 Å². The molecule has 1 aromatic carbocycles. The number of nitrogens with one attached hydrogen (secondary N) is 2. The smallest absolute Gasteiger partial charge is 0.409 e. The van der Waals surface area contributed by atoms with E-state index in [0.29, 0.717) is 27.7 Å². The number of H-pyrrole nitrogens is 1. The number of carboxylic acid groups (broad SMARTS) is 1. The molecule has 0 spiro atoms. The van der Waals surface area contributed by atoms with Gasteiger partial charge in [0, 0.05) is 16.7 Å². The van der Waals surface area contributed by atoms with E-state index in [0.717, 1.165) is 5.69 Å². The Morgan fingerprint density at radius 1 is 1.39 bits per heavy atom. The van der Waals surface area contributed by atoms with Gasteiger partial charge in [-0.05, 0) is 12.1 Å². The maximum Gasteiger partial charge on any atom is 0.409 e. The van der Waals surface area contributed by atoms with Gasteiger partial charge in [0.15, 0.2) is 11.5 Å². The van der Waals surface area contributed by atoms with Gasteiger partial charge in [0.2, 0.25) is 0 Å². The van der Waals surface area contributed by atoms with Crippen LogP contribution in [0.1, 0.15) is 26.5 Å². The van der Waals surface area contributed by atoms with Crippen LogP contribution in [0.15, 0.2) is 24.3 Å². The first-order valence-corrected chi connectivity index (χ1v) is 7.38. The summed E-state index contributed by atoms with van der Waals surface area (Å²) in [5.74, 6) is 0.465. The van der Waals surface area contributed by atoms with E-state index in [1.807, 2.05) is 20.8 Å². The highest BCUT2D eigenvalue weighted by Gasteiger charge is 2.24. The van der Waals surface area contributed by atoms with Crippen molar-refractivity contribution in [3.8, 4) is 11.4 Å². The molecule has 0 unspecified atom stereocenters. The van der Waals surface area contributed by atoms with Crippen LogP contribution >= 0.6 is 11.6 Å². The van der Waals surface area contributed by atoms with Crippen molar-refractivity contribution in [3.63, 3.8) is 0 Å². The van der Waals surface area contributed by atoms with Crippen LogP contribution in [0.4, 0.5) is 10.5 Å². The van der Waals surface area contributed by atoms with E-state index in [1.165, 1.54) is 4.63 Å². The van der Waals surface area contributed by atoms with Crippen molar-refractivity contribution in [1.29, 1.82) is 0 Å². The molecule has 0 atom stereocenters. The molecule has 0 aliphatic rings. The molecule has 0 fully saturated rings. The van der Waals surface area contributed by atoms with E-state index in [9.17, 15) is 4.79 Å². The molecule has 1 amide bonds. The average Bonchev–Trinajstić information content (AvgIpc) is 2.98. The summed E-state index contributed by atoms with van der Waals surface area (Å²) in [5, 5.41) is 19.2. The molecule has 0 bridgehead atoms. The molecule has 23 heavy (non-hydrogen) atoms. The number of hydrogen-bond acceptors (Lipinski definition) is 3. The van der Waals surface area contributed by atoms with Gasteiger partial charge in [0.25, 0.3) is 0 Å². The Balaban J connectivity index is 2.03. The van der Waals surface area contributed by atoms with Gasteiger partial charge in [-0.2, -0.15) is 4.63 Å². The fourth-order valence-corrected chi connectivity index (χ4v) is 2.73. The molecule has 0 aliphatic carbocycles. The number of anilines is 1. The number of carbonyl (C=O) groups is 1. The van der Waals surface area contributed by atoms with E-state index < -0.39 is 6.09 Å². The Morgan fingerprint density at radius 3 is 2.74 bits per heavy atom. The third-order valence-corrected chi connectivity index (χ3v) is 3.72. The summed E-state index contributed by atoms with van der Waals surface area (Å²) in [6, 6.07) is 6.87. The number of amides is 1. The van der Waals surface area contributed by atoms with Crippen molar-refractivity contribution in [2.24, 2.45) is 0 Å². The lowest BCUT2D eigenvalue weighted by Gasteiger charge is -2.16. The predicted octanol–water partition coefficient (Wildman–Crippen LogP) is 3.77. The van der Waals surface area contributed by atoms with Crippen molar-refractivity contribution in [2.45, 2.75) is 26.2 Å². The normalized spacial score (nSPS) is 11.8. The summed E-state index contributed by atoms with van der Waals surface area (Å²) in [4.78, 5) is 15.2. The van der Waals surface area contributed by atoms with Crippen LogP contribution in [0.25, 0.3) is 17.0 Å². The highest BCUT2D eigenvalue weighted by atomic mass is 35.5. The zero-order valence-corrected chi connectivity index (χ0v) is 13.6. The Bertz CT molecular complexity index is 891. The van der Waals surface area contributed by atoms with Crippen LogP contribution in [0.3, 0.4) is 0 Å². The maximum absolute atomic E-state index is 10.7. The first kappa shape index (κ1) is 15.4. The standard InChI is InChI=1S/C15H16ClN5O2/c1-15(2,3)11-10(16)13-18-12(20-21(13)19-11)8-5-4-6-9(7-8)17-14(22)23/h4-7,17,19H,1-3H3,(H,22,23). The molecular formula is C15H16ClN5O2. The number of fused-ring (bicyclic) bond motifs is 1. The summed E-state index contributed by atoms with van der Waals surface area (Å²) in [7, 11) is 0. The van der Waals surface area contributed by atoms with Gasteiger partial charge in [-0.1, -0.05) is 44.5 Å². The first-order valence-electron chi connectivity index (χ1n) is 7.01. The van der Waals surface area contributed by atoms with Crippen LogP contribution in [0.2, 0.25) is 5.02 Å². The molecule has 3 aromatic rings. The van der Waals surface area contributed by atoms with Gasteiger partial charge in [0.1, 0.15) is 5.02 Å². The number of nitrogens with zero attached hydrogens (tertiary/aromatic N) is 3. The maximum atomic E-state index is 10.7. The minimum absolute atomic E-state index is 0.148. The fraction of sp³-hybridized carbons (Fsp3) is 0.267. The fourth-order valence-electron chi connectivity index (χ4n) is 2.28. The summed E-state index contributed by atoms with van der Waals surface area (Å²) in [5.41, 5.74) is 2.41. The van der Waals surface area contributed by atoms with Crippen molar-refractivity contribution < 1.29 is 9.90 Å². The Morgan fingerprint density at radius 2 is 2.13 bits per heavy atom. The Labute approximate surface area is 137 Å². The van der Waals surface area contributed by atoms with Crippen molar-refractivity contribution >= 4 is 29.0 Å². The van der Waals surface area contributed by atoms with E-state index in [1.54, 1.807) is 24.3 Å². The highest BCUT2D eigenvalue weighted by Crippen LogP contribution is 2.32. The number of hydrogen-bond donors (Lipinski definition) is 3. The molecule has 2 aromatic heterocycles.